The number of hydrogen-bond donors (Lipinski definition) is 3. The highest BCUT2D eigenvalue weighted by atomic mass is 16.4. The zero-order valence-electron chi connectivity index (χ0n) is 12.0. The Morgan fingerprint density at radius 1 is 1.38 bits per heavy atom. The van der Waals surface area contributed by atoms with Gasteiger partial charge in [-0.1, -0.05) is 18.2 Å². The standard InChI is InChI=1S/C15H20N2O4/c1-15(21)7-4-8-17(10-15)14(20)16-12-6-3-2-5-11(12)9-13(18)19/h2-3,5-6,21H,4,7-10H2,1H3,(H,16,20)(H,18,19). The van der Waals surface area contributed by atoms with Gasteiger partial charge in [0.15, 0.2) is 0 Å². The fraction of sp³-hybridized carbons (Fsp3) is 0.467. The number of para-hydroxylation sites is 1. The van der Waals surface area contributed by atoms with Gasteiger partial charge in [-0.2, -0.15) is 0 Å². The Morgan fingerprint density at radius 3 is 2.76 bits per heavy atom. The largest absolute Gasteiger partial charge is 0.481 e. The van der Waals surface area contributed by atoms with E-state index in [9.17, 15) is 14.7 Å². The van der Waals surface area contributed by atoms with Gasteiger partial charge in [0.05, 0.1) is 18.6 Å². The van der Waals surface area contributed by atoms with Crippen molar-refractivity contribution >= 4 is 17.7 Å². The van der Waals surface area contributed by atoms with Crippen LogP contribution in [0.25, 0.3) is 0 Å². The van der Waals surface area contributed by atoms with Crippen molar-refractivity contribution in [3.05, 3.63) is 29.8 Å². The molecule has 2 rings (SSSR count). The van der Waals surface area contributed by atoms with E-state index in [2.05, 4.69) is 5.32 Å². The van der Waals surface area contributed by atoms with Crippen molar-refractivity contribution in [1.29, 1.82) is 0 Å². The van der Waals surface area contributed by atoms with Gasteiger partial charge in [0, 0.05) is 12.2 Å². The van der Waals surface area contributed by atoms with Crippen molar-refractivity contribution in [2.75, 3.05) is 18.4 Å². The number of aliphatic carboxylic acids is 1. The number of β-amino-alcohol motifs (C(OH)–C–C–N with tert-alkyl or cyclic N) is 1. The molecule has 1 aromatic rings. The number of nitrogens with zero attached hydrogens (tertiary/aromatic N) is 1. The number of carbonyl (C=O) groups is 2. The Bertz CT molecular complexity index is 542. The molecule has 0 aliphatic carbocycles. The summed E-state index contributed by atoms with van der Waals surface area (Å²) >= 11 is 0. The number of rotatable bonds is 3. The number of carboxylic acids is 1. The van der Waals surface area contributed by atoms with Crippen molar-refractivity contribution in [1.82, 2.24) is 4.90 Å². The number of aliphatic hydroxyl groups is 1. The highest BCUT2D eigenvalue weighted by molar-refractivity contribution is 5.91. The maximum absolute atomic E-state index is 12.2. The summed E-state index contributed by atoms with van der Waals surface area (Å²) in [6, 6.07) is 6.52. The van der Waals surface area contributed by atoms with Gasteiger partial charge in [0.2, 0.25) is 0 Å². The van der Waals surface area contributed by atoms with E-state index in [0.29, 0.717) is 24.2 Å². The quantitative estimate of drug-likeness (QED) is 0.791. The van der Waals surface area contributed by atoms with E-state index in [4.69, 9.17) is 5.11 Å². The SMILES string of the molecule is CC1(O)CCCN(C(=O)Nc2ccccc2CC(=O)O)C1. The van der Waals surface area contributed by atoms with Gasteiger partial charge in [0.25, 0.3) is 0 Å². The molecule has 3 N–H and O–H groups in total. The zero-order chi connectivity index (χ0) is 15.5. The lowest BCUT2D eigenvalue weighted by Gasteiger charge is -2.36. The molecule has 0 bridgehead atoms. The molecule has 1 aliphatic heterocycles. The first-order valence-corrected chi connectivity index (χ1v) is 6.95. The maximum atomic E-state index is 12.2. The predicted octanol–water partition coefficient (Wildman–Crippen LogP) is 1.69. The van der Waals surface area contributed by atoms with E-state index in [1.54, 1.807) is 36.1 Å². The molecular formula is C15H20N2O4. The second-order valence-corrected chi connectivity index (χ2v) is 5.68. The third-order valence-corrected chi connectivity index (χ3v) is 3.56. The highest BCUT2D eigenvalue weighted by Gasteiger charge is 2.31. The van der Waals surface area contributed by atoms with Crippen LogP contribution in [-0.2, 0) is 11.2 Å². The lowest BCUT2D eigenvalue weighted by atomic mass is 9.95. The van der Waals surface area contributed by atoms with E-state index < -0.39 is 11.6 Å². The average molecular weight is 292 g/mol. The number of hydrogen-bond acceptors (Lipinski definition) is 3. The van der Waals surface area contributed by atoms with Crippen LogP contribution in [-0.4, -0.2) is 45.8 Å². The molecule has 114 valence electrons. The summed E-state index contributed by atoms with van der Waals surface area (Å²) in [5.74, 6) is -0.947. The summed E-state index contributed by atoms with van der Waals surface area (Å²) in [6.07, 6.45) is 1.28. The molecule has 6 heteroatoms. The van der Waals surface area contributed by atoms with Crippen LogP contribution in [0, 0.1) is 0 Å². The number of carbonyl (C=O) groups excluding carboxylic acids is 1. The Hall–Kier alpha value is -2.08. The van der Waals surface area contributed by atoms with Crippen LogP contribution in [0.3, 0.4) is 0 Å². The van der Waals surface area contributed by atoms with Crippen LogP contribution in [0.5, 0.6) is 0 Å². The summed E-state index contributed by atoms with van der Waals surface area (Å²) in [4.78, 5) is 24.6. The Balaban J connectivity index is 2.07. The Morgan fingerprint density at radius 2 is 2.10 bits per heavy atom. The van der Waals surface area contributed by atoms with E-state index in [1.165, 1.54) is 0 Å². The van der Waals surface area contributed by atoms with Crippen LogP contribution in [0.2, 0.25) is 0 Å². The van der Waals surface area contributed by atoms with Crippen LogP contribution in [0.15, 0.2) is 24.3 Å². The zero-order valence-corrected chi connectivity index (χ0v) is 12.0. The fourth-order valence-corrected chi connectivity index (χ4v) is 2.55. The molecule has 2 amide bonds. The van der Waals surface area contributed by atoms with Crippen molar-refractivity contribution in [2.45, 2.75) is 31.8 Å². The third kappa shape index (κ3) is 4.19. The summed E-state index contributed by atoms with van der Waals surface area (Å²) in [6.45, 7) is 2.58. The average Bonchev–Trinajstić information content (AvgIpc) is 2.39. The van der Waals surface area contributed by atoms with E-state index in [0.717, 1.165) is 6.42 Å². The van der Waals surface area contributed by atoms with Crippen molar-refractivity contribution < 1.29 is 19.8 Å². The minimum Gasteiger partial charge on any atom is -0.481 e. The summed E-state index contributed by atoms with van der Waals surface area (Å²) in [5.41, 5.74) is 0.188. The number of nitrogens with one attached hydrogen (secondary N) is 1. The highest BCUT2D eigenvalue weighted by Crippen LogP contribution is 2.22. The number of anilines is 1. The first-order valence-electron chi connectivity index (χ1n) is 6.95. The molecule has 6 nitrogen and oxygen atoms in total. The molecule has 1 atom stereocenters. The molecule has 1 aliphatic rings. The molecule has 1 unspecified atom stereocenters. The molecule has 0 saturated carbocycles. The molecule has 1 aromatic carbocycles. The predicted molar refractivity (Wildman–Crippen MR) is 78.2 cm³/mol. The maximum Gasteiger partial charge on any atom is 0.321 e. The van der Waals surface area contributed by atoms with E-state index in [1.807, 2.05) is 0 Å². The first-order chi connectivity index (χ1) is 9.87. The Kier molecular flexibility index (Phi) is 4.47. The van der Waals surface area contributed by atoms with Crippen molar-refractivity contribution in [3.63, 3.8) is 0 Å². The number of piperidine rings is 1. The van der Waals surface area contributed by atoms with Gasteiger partial charge in [-0.15, -0.1) is 0 Å². The molecule has 1 heterocycles. The minimum atomic E-state index is -0.947. The van der Waals surface area contributed by atoms with Gasteiger partial charge >= 0.3 is 12.0 Å². The normalized spacial score (nSPS) is 21.9. The van der Waals surface area contributed by atoms with Crippen LogP contribution in [0.1, 0.15) is 25.3 Å². The molecular weight excluding hydrogens is 272 g/mol. The van der Waals surface area contributed by atoms with Crippen LogP contribution < -0.4 is 5.32 Å². The molecule has 21 heavy (non-hydrogen) atoms. The summed E-state index contributed by atoms with van der Waals surface area (Å²) in [7, 11) is 0. The summed E-state index contributed by atoms with van der Waals surface area (Å²) in [5, 5.41) is 21.7. The third-order valence-electron chi connectivity index (χ3n) is 3.56. The van der Waals surface area contributed by atoms with E-state index >= 15 is 0 Å². The fourth-order valence-electron chi connectivity index (χ4n) is 2.55. The lowest BCUT2D eigenvalue weighted by Crippen LogP contribution is -2.50. The molecule has 0 aromatic heterocycles. The molecule has 1 fully saturated rings. The number of carboxylic acid groups (broad SMARTS) is 1. The van der Waals surface area contributed by atoms with Gasteiger partial charge in [-0.25, -0.2) is 4.79 Å². The van der Waals surface area contributed by atoms with E-state index in [-0.39, 0.29) is 19.0 Å². The lowest BCUT2D eigenvalue weighted by molar-refractivity contribution is -0.136. The number of amides is 2. The minimum absolute atomic E-state index is 0.145. The van der Waals surface area contributed by atoms with Gasteiger partial charge in [0.1, 0.15) is 0 Å². The first kappa shape index (κ1) is 15.3. The second kappa shape index (κ2) is 6.13. The number of likely N-dealkylation sites (tertiary alicyclic amines) is 1. The van der Waals surface area contributed by atoms with Crippen LogP contribution in [0.4, 0.5) is 10.5 Å². The van der Waals surface area contributed by atoms with Crippen molar-refractivity contribution in [2.24, 2.45) is 0 Å². The van der Waals surface area contributed by atoms with Gasteiger partial charge < -0.3 is 20.4 Å². The molecule has 1 saturated heterocycles. The Labute approximate surface area is 123 Å². The number of benzene rings is 1. The molecule has 0 spiro atoms. The second-order valence-electron chi connectivity index (χ2n) is 5.68. The van der Waals surface area contributed by atoms with Gasteiger partial charge in [-0.3, -0.25) is 4.79 Å². The smallest absolute Gasteiger partial charge is 0.321 e. The molecule has 0 radical (unpaired) electrons. The number of urea groups is 1. The van der Waals surface area contributed by atoms with Gasteiger partial charge in [-0.05, 0) is 31.4 Å². The monoisotopic (exact) mass is 292 g/mol. The summed E-state index contributed by atoms with van der Waals surface area (Å²) < 4.78 is 0. The van der Waals surface area contributed by atoms with Crippen molar-refractivity contribution in [3.8, 4) is 0 Å². The van der Waals surface area contributed by atoms with Crippen LogP contribution >= 0.6 is 0 Å². The topological polar surface area (TPSA) is 89.9 Å².